The van der Waals surface area contributed by atoms with E-state index in [9.17, 15) is 4.79 Å². The van der Waals surface area contributed by atoms with Gasteiger partial charge in [0.2, 0.25) is 5.91 Å². The molecule has 0 aromatic carbocycles. The molecule has 3 heterocycles. The average Bonchev–Trinajstić information content (AvgIpc) is 3.23. The monoisotopic (exact) mass is 356 g/mol. The molecule has 3 aliphatic rings. The number of hydrogen-bond acceptors (Lipinski definition) is 4. The van der Waals surface area contributed by atoms with Gasteiger partial charge in [0.1, 0.15) is 6.33 Å². The molecular formula is C21H32N4O. The standard InChI is InChI=1S/C21H32N4O/c1-16-14-22-15-23-20(16)17-6-12-25(13-7-17)21(26)18-8-10-24(11-9-18)19-4-2-3-5-19/h14-15,17-19H,2-13H2,1H3. The Balaban J connectivity index is 1.27. The van der Waals surface area contributed by atoms with Crippen molar-refractivity contribution in [1.82, 2.24) is 19.8 Å². The van der Waals surface area contributed by atoms with Gasteiger partial charge in [0.25, 0.3) is 0 Å². The second-order valence-electron chi connectivity index (χ2n) is 8.44. The quantitative estimate of drug-likeness (QED) is 0.835. The Labute approximate surface area is 157 Å². The fraction of sp³-hybridized carbons (Fsp3) is 0.762. The maximum atomic E-state index is 13.0. The number of aromatic nitrogens is 2. The lowest BCUT2D eigenvalue weighted by molar-refractivity contribution is -0.138. The maximum Gasteiger partial charge on any atom is 0.225 e. The lowest BCUT2D eigenvalue weighted by Crippen LogP contribution is -2.47. The van der Waals surface area contributed by atoms with Crippen LogP contribution in [0.15, 0.2) is 12.5 Å². The third kappa shape index (κ3) is 3.78. The van der Waals surface area contributed by atoms with E-state index in [1.165, 1.54) is 36.9 Å². The summed E-state index contributed by atoms with van der Waals surface area (Å²) >= 11 is 0. The minimum Gasteiger partial charge on any atom is -0.342 e. The lowest BCUT2D eigenvalue weighted by Gasteiger charge is -2.39. The summed E-state index contributed by atoms with van der Waals surface area (Å²) in [6, 6.07) is 0.804. The summed E-state index contributed by atoms with van der Waals surface area (Å²) in [6.07, 6.45) is 13.3. The van der Waals surface area contributed by atoms with Crippen molar-refractivity contribution < 1.29 is 4.79 Å². The van der Waals surface area contributed by atoms with Crippen LogP contribution in [0.4, 0.5) is 0 Å². The second kappa shape index (κ2) is 8.03. The molecule has 0 radical (unpaired) electrons. The Morgan fingerprint density at radius 3 is 2.35 bits per heavy atom. The molecule has 0 spiro atoms. The molecule has 142 valence electrons. The van der Waals surface area contributed by atoms with Gasteiger partial charge in [-0.15, -0.1) is 0 Å². The number of likely N-dealkylation sites (tertiary alicyclic amines) is 2. The highest BCUT2D eigenvalue weighted by atomic mass is 16.2. The van der Waals surface area contributed by atoms with E-state index in [0.717, 1.165) is 57.9 Å². The Morgan fingerprint density at radius 1 is 1.00 bits per heavy atom. The van der Waals surface area contributed by atoms with Gasteiger partial charge in [0.05, 0.1) is 0 Å². The summed E-state index contributed by atoms with van der Waals surface area (Å²) in [5.41, 5.74) is 2.36. The molecule has 1 aromatic rings. The number of piperidine rings is 2. The van der Waals surface area contributed by atoms with Crippen LogP contribution in [0.3, 0.4) is 0 Å². The van der Waals surface area contributed by atoms with Gasteiger partial charge in [-0.1, -0.05) is 12.8 Å². The molecule has 1 amide bonds. The minimum absolute atomic E-state index is 0.255. The molecule has 4 rings (SSSR count). The van der Waals surface area contributed by atoms with Crippen LogP contribution in [-0.2, 0) is 4.79 Å². The van der Waals surface area contributed by atoms with Crippen LogP contribution in [0.25, 0.3) is 0 Å². The first kappa shape index (κ1) is 17.9. The molecule has 2 saturated heterocycles. The van der Waals surface area contributed by atoms with Crippen molar-refractivity contribution in [3.63, 3.8) is 0 Å². The molecule has 0 atom stereocenters. The van der Waals surface area contributed by atoms with Crippen molar-refractivity contribution >= 4 is 5.91 Å². The SMILES string of the molecule is Cc1cncnc1C1CCN(C(=O)C2CCN(C3CCCC3)CC2)CC1. The number of carbonyl (C=O) groups excluding carboxylic acids is 1. The van der Waals surface area contributed by atoms with Crippen molar-refractivity contribution in [1.29, 1.82) is 0 Å². The highest BCUT2D eigenvalue weighted by Crippen LogP contribution is 2.31. The summed E-state index contributed by atoms with van der Waals surface area (Å²) in [7, 11) is 0. The predicted molar refractivity (Wildman–Crippen MR) is 102 cm³/mol. The normalized spacial score (nSPS) is 24.3. The van der Waals surface area contributed by atoms with E-state index in [-0.39, 0.29) is 5.92 Å². The number of rotatable bonds is 3. The molecule has 1 aromatic heterocycles. The predicted octanol–water partition coefficient (Wildman–Crippen LogP) is 3.15. The highest BCUT2D eigenvalue weighted by Gasteiger charge is 2.33. The first-order chi connectivity index (χ1) is 12.7. The summed E-state index contributed by atoms with van der Waals surface area (Å²) < 4.78 is 0. The van der Waals surface area contributed by atoms with E-state index in [1.54, 1.807) is 6.33 Å². The average molecular weight is 357 g/mol. The Bertz CT molecular complexity index is 612. The van der Waals surface area contributed by atoms with E-state index in [4.69, 9.17) is 0 Å². The van der Waals surface area contributed by atoms with Crippen LogP contribution < -0.4 is 0 Å². The van der Waals surface area contributed by atoms with Gasteiger partial charge < -0.3 is 9.80 Å². The second-order valence-corrected chi connectivity index (χ2v) is 8.44. The largest absolute Gasteiger partial charge is 0.342 e. The van der Waals surface area contributed by atoms with Crippen LogP contribution >= 0.6 is 0 Å². The zero-order valence-corrected chi connectivity index (χ0v) is 16.1. The van der Waals surface area contributed by atoms with Crippen molar-refractivity contribution in [3.8, 4) is 0 Å². The number of carbonyl (C=O) groups is 1. The number of amides is 1. The summed E-state index contributed by atoms with van der Waals surface area (Å²) in [6.45, 7) is 6.10. The minimum atomic E-state index is 0.255. The van der Waals surface area contributed by atoms with Gasteiger partial charge >= 0.3 is 0 Å². The van der Waals surface area contributed by atoms with Crippen LogP contribution in [-0.4, -0.2) is 57.9 Å². The first-order valence-electron chi connectivity index (χ1n) is 10.5. The van der Waals surface area contributed by atoms with Crippen LogP contribution in [0, 0.1) is 12.8 Å². The molecule has 2 aliphatic heterocycles. The topological polar surface area (TPSA) is 49.3 Å². The van der Waals surface area contributed by atoms with E-state index >= 15 is 0 Å². The first-order valence-corrected chi connectivity index (χ1v) is 10.5. The van der Waals surface area contributed by atoms with E-state index in [1.807, 2.05) is 6.20 Å². The number of aryl methyl sites for hydroxylation is 1. The third-order valence-corrected chi connectivity index (χ3v) is 6.85. The lowest BCUT2D eigenvalue weighted by atomic mass is 9.89. The van der Waals surface area contributed by atoms with Crippen LogP contribution in [0.5, 0.6) is 0 Å². The molecule has 1 saturated carbocycles. The van der Waals surface area contributed by atoms with Gasteiger partial charge in [0.15, 0.2) is 0 Å². The van der Waals surface area contributed by atoms with Gasteiger partial charge in [0, 0.05) is 42.9 Å². The van der Waals surface area contributed by atoms with Crippen LogP contribution in [0.2, 0.25) is 0 Å². The number of nitrogens with zero attached hydrogens (tertiary/aromatic N) is 4. The molecule has 5 heteroatoms. The molecule has 1 aliphatic carbocycles. The molecule has 0 N–H and O–H groups in total. The molecule has 0 unspecified atom stereocenters. The third-order valence-electron chi connectivity index (χ3n) is 6.85. The smallest absolute Gasteiger partial charge is 0.225 e. The van der Waals surface area contributed by atoms with Crippen molar-refractivity contribution in [2.75, 3.05) is 26.2 Å². The van der Waals surface area contributed by atoms with Crippen molar-refractivity contribution in [2.45, 2.75) is 70.3 Å². The van der Waals surface area contributed by atoms with Gasteiger partial charge in [-0.05, 0) is 64.1 Å². The molecular weight excluding hydrogens is 324 g/mol. The van der Waals surface area contributed by atoms with Gasteiger partial charge in [-0.25, -0.2) is 9.97 Å². The fourth-order valence-corrected chi connectivity index (χ4v) is 5.25. The molecule has 5 nitrogen and oxygen atoms in total. The zero-order chi connectivity index (χ0) is 17.9. The Hall–Kier alpha value is -1.49. The van der Waals surface area contributed by atoms with Crippen molar-refractivity contribution in [2.24, 2.45) is 5.92 Å². The van der Waals surface area contributed by atoms with Gasteiger partial charge in [-0.2, -0.15) is 0 Å². The van der Waals surface area contributed by atoms with E-state index in [0.29, 0.717) is 11.8 Å². The van der Waals surface area contributed by atoms with Crippen LogP contribution in [0.1, 0.15) is 68.5 Å². The molecule has 26 heavy (non-hydrogen) atoms. The van der Waals surface area contributed by atoms with E-state index in [2.05, 4.69) is 26.7 Å². The molecule has 3 fully saturated rings. The summed E-state index contributed by atoms with van der Waals surface area (Å²) in [5, 5.41) is 0. The zero-order valence-electron chi connectivity index (χ0n) is 16.1. The Morgan fingerprint density at radius 2 is 1.69 bits per heavy atom. The van der Waals surface area contributed by atoms with Crippen molar-refractivity contribution in [3.05, 3.63) is 23.8 Å². The summed E-state index contributed by atoms with van der Waals surface area (Å²) in [4.78, 5) is 26.3. The highest BCUT2D eigenvalue weighted by molar-refractivity contribution is 5.79. The Kier molecular flexibility index (Phi) is 5.53. The van der Waals surface area contributed by atoms with Gasteiger partial charge in [-0.3, -0.25) is 4.79 Å². The summed E-state index contributed by atoms with van der Waals surface area (Å²) in [5.74, 6) is 1.14. The number of hydrogen-bond donors (Lipinski definition) is 0. The van der Waals surface area contributed by atoms with E-state index < -0.39 is 0 Å². The fourth-order valence-electron chi connectivity index (χ4n) is 5.25. The molecule has 0 bridgehead atoms. The maximum absolute atomic E-state index is 13.0.